The second-order valence-corrected chi connectivity index (χ2v) is 14.3. The van der Waals surface area contributed by atoms with Crippen molar-refractivity contribution in [3.8, 4) is 0 Å². The predicted molar refractivity (Wildman–Crippen MR) is 197 cm³/mol. The highest BCUT2D eigenvalue weighted by Gasteiger charge is 2.34. The number of likely N-dealkylation sites (N-methyl/N-ethyl adjacent to an activating group) is 1. The summed E-state index contributed by atoms with van der Waals surface area (Å²) in [6, 6.07) is 23.0. The molecule has 0 saturated heterocycles. The number of Topliss-reactive ketones (excluding diaryl/α,β-unsaturated/α-hetero) is 2. The van der Waals surface area contributed by atoms with Gasteiger partial charge in [-0.2, -0.15) is 23.4 Å². The minimum Gasteiger partial charge on any atom is -0.371 e. The van der Waals surface area contributed by atoms with E-state index in [0.717, 1.165) is 68.9 Å². The van der Waals surface area contributed by atoms with Gasteiger partial charge in [0, 0.05) is 42.7 Å². The third-order valence-electron chi connectivity index (χ3n) is 8.99. The number of carbonyl (C=O) groups excluding carboxylic acids is 2. The Hall–Kier alpha value is -5.47. The van der Waals surface area contributed by atoms with Crippen molar-refractivity contribution in [2.75, 3.05) is 28.8 Å². The molecule has 2 N–H and O–H groups in total. The van der Waals surface area contributed by atoms with Gasteiger partial charge in [0.05, 0.1) is 26.0 Å². The zero-order chi connectivity index (χ0) is 35.3. The quantitative estimate of drug-likeness (QED) is 0.144. The highest BCUT2D eigenvalue weighted by atomic mass is 32.1. The van der Waals surface area contributed by atoms with E-state index in [1.165, 1.54) is 28.7 Å². The number of hydrogen-bond acceptors (Lipinski definition) is 11. The van der Waals surface area contributed by atoms with Crippen LogP contribution >= 0.6 is 22.7 Å². The van der Waals surface area contributed by atoms with E-state index in [4.69, 9.17) is 0 Å². The summed E-state index contributed by atoms with van der Waals surface area (Å²) in [4.78, 5) is 37.4. The third-order valence-corrected chi connectivity index (χ3v) is 10.9. The molecule has 0 unspecified atom stereocenters. The monoisotopic (exact) mass is 723 g/mol. The molecule has 2 aromatic heterocycles. The molecule has 0 aliphatic heterocycles. The van der Waals surface area contributed by atoms with E-state index in [9.17, 15) is 22.8 Å². The maximum atomic E-state index is 13.3. The molecule has 0 amide bonds. The first-order chi connectivity index (χ1) is 24.6. The number of halogens is 3. The van der Waals surface area contributed by atoms with E-state index < -0.39 is 17.5 Å². The Balaban J connectivity index is 0.907. The normalized spacial score (nSPS) is 15.7. The molecule has 0 fully saturated rings. The molecule has 6 aromatic rings. The van der Waals surface area contributed by atoms with Crippen LogP contribution in [0.4, 0.5) is 29.1 Å². The van der Waals surface area contributed by atoms with Crippen molar-refractivity contribution in [1.82, 2.24) is 9.97 Å². The average molecular weight is 724 g/mol. The maximum absolute atomic E-state index is 13.3. The van der Waals surface area contributed by atoms with Crippen molar-refractivity contribution < 1.29 is 22.8 Å². The minimum absolute atomic E-state index is 0.0173. The van der Waals surface area contributed by atoms with E-state index in [-0.39, 0.29) is 23.5 Å². The van der Waals surface area contributed by atoms with E-state index in [2.05, 4.69) is 42.8 Å². The van der Waals surface area contributed by atoms with Gasteiger partial charge in [-0.25, -0.2) is 9.97 Å². The number of aromatic nitrogens is 2. The van der Waals surface area contributed by atoms with Crippen LogP contribution in [-0.4, -0.2) is 46.0 Å². The zero-order valence-corrected chi connectivity index (χ0v) is 28.7. The highest BCUT2D eigenvalue weighted by molar-refractivity contribution is 7.22. The molecule has 2 heterocycles. The first-order valence-corrected chi connectivity index (χ1v) is 17.8. The van der Waals surface area contributed by atoms with Crippen LogP contribution in [0.3, 0.4) is 0 Å². The standard InChI is InChI=1S/C37H28F3N7O2S2/c1-2-47(24-10-8-21-17-29(34(49)26(21)19-24)43-45-35-41-27-5-3-4-6-31(27)50-35)14-13-20-7-12-32-28(15-20)42-36(51-32)46-44-30-18-22-16-23(37(38,39)40)9-11-25(22)33(30)48/h3-12,15-16,19H,2,13-14,17-18H2,1H3,(H,41,45)(H,42,46)/b43-29-,44-30-. The lowest BCUT2D eigenvalue weighted by Gasteiger charge is -2.23. The fourth-order valence-electron chi connectivity index (χ4n) is 6.34. The summed E-state index contributed by atoms with van der Waals surface area (Å²) in [6.45, 7) is 3.55. The number of alkyl halides is 3. The van der Waals surface area contributed by atoms with Crippen molar-refractivity contribution >= 4 is 82.0 Å². The fourth-order valence-corrected chi connectivity index (χ4v) is 7.94. The van der Waals surface area contributed by atoms with E-state index in [0.29, 0.717) is 33.5 Å². The Morgan fingerprint density at radius 3 is 2.18 bits per heavy atom. The lowest BCUT2D eigenvalue weighted by atomic mass is 10.1. The predicted octanol–water partition coefficient (Wildman–Crippen LogP) is 8.41. The number of carbonyl (C=O) groups is 2. The van der Waals surface area contributed by atoms with Crippen LogP contribution in [0.25, 0.3) is 20.4 Å². The molecular weight excluding hydrogens is 696 g/mol. The van der Waals surface area contributed by atoms with Gasteiger partial charge in [-0.1, -0.05) is 53.0 Å². The van der Waals surface area contributed by atoms with Crippen LogP contribution in [0.2, 0.25) is 0 Å². The molecule has 0 saturated carbocycles. The molecule has 0 bridgehead atoms. The third kappa shape index (κ3) is 6.48. The molecular formula is C37H28F3N7O2S2. The number of hydrogen-bond donors (Lipinski definition) is 2. The number of nitrogens with one attached hydrogen (secondary N) is 2. The number of para-hydroxylation sites is 1. The Labute approximate surface area is 297 Å². The lowest BCUT2D eigenvalue weighted by molar-refractivity contribution is -0.137. The number of fused-ring (bicyclic) bond motifs is 4. The summed E-state index contributed by atoms with van der Waals surface area (Å²) in [5.41, 5.74) is 11.5. The fraction of sp³-hybridized carbons (Fsp3) is 0.189. The second kappa shape index (κ2) is 13.0. The van der Waals surface area contributed by atoms with Crippen molar-refractivity contribution in [2.45, 2.75) is 32.4 Å². The Bertz CT molecular complexity index is 2400. The summed E-state index contributed by atoms with van der Waals surface area (Å²) in [5.74, 6) is -0.480. The summed E-state index contributed by atoms with van der Waals surface area (Å²) in [7, 11) is 0. The molecule has 9 nitrogen and oxygen atoms in total. The molecule has 0 spiro atoms. The van der Waals surface area contributed by atoms with Crippen molar-refractivity contribution in [2.24, 2.45) is 10.2 Å². The first kappa shape index (κ1) is 32.7. The molecule has 14 heteroatoms. The smallest absolute Gasteiger partial charge is 0.371 e. The van der Waals surface area contributed by atoms with Crippen LogP contribution in [0.15, 0.2) is 89.1 Å². The molecule has 2 aliphatic rings. The molecule has 51 heavy (non-hydrogen) atoms. The maximum Gasteiger partial charge on any atom is 0.416 e. The lowest BCUT2D eigenvalue weighted by Crippen LogP contribution is -2.25. The Kier molecular flexibility index (Phi) is 8.35. The topological polar surface area (TPSA) is 112 Å². The zero-order valence-electron chi connectivity index (χ0n) is 27.0. The van der Waals surface area contributed by atoms with Gasteiger partial charge in [-0.15, -0.1) is 0 Å². The van der Waals surface area contributed by atoms with Gasteiger partial charge in [0.1, 0.15) is 11.4 Å². The van der Waals surface area contributed by atoms with Crippen LogP contribution < -0.4 is 15.8 Å². The Morgan fingerprint density at radius 2 is 1.45 bits per heavy atom. The molecule has 0 atom stereocenters. The molecule has 8 rings (SSSR count). The molecule has 2 aliphatic carbocycles. The van der Waals surface area contributed by atoms with Gasteiger partial charge in [0.2, 0.25) is 21.8 Å². The molecule has 0 radical (unpaired) electrons. The SMILES string of the molecule is CCN(CCc1ccc2sc(N/N=C3/Cc4cc(C(F)(F)F)ccc4C3=O)nc2c1)c1ccc2c(c1)C(=O)/C(=N\Nc1nc3ccccc3s1)C2. The number of ketones is 2. The van der Waals surface area contributed by atoms with E-state index in [1.54, 1.807) is 0 Å². The van der Waals surface area contributed by atoms with Crippen molar-refractivity contribution in [3.05, 3.63) is 112 Å². The Morgan fingerprint density at radius 1 is 0.765 bits per heavy atom. The number of anilines is 3. The van der Waals surface area contributed by atoms with E-state index in [1.807, 2.05) is 60.7 Å². The number of rotatable bonds is 9. The molecule has 4 aromatic carbocycles. The van der Waals surface area contributed by atoms with Gasteiger partial charge >= 0.3 is 6.18 Å². The number of benzene rings is 4. The number of nitrogens with zero attached hydrogens (tertiary/aromatic N) is 5. The summed E-state index contributed by atoms with van der Waals surface area (Å²) in [6.07, 6.45) is -3.26. The first-order valence-electron chi connectivity index (χ1n) is 16.2. The van der Waals surface area contributed by atoms with Gasteiger partial charge in [0.25, 0.3) is 0 Å². The number of hydrazone groups is 2. The summed E-state index contributed by atoms with van der Waals surface area (Å²) < 4.78 is 41.4. The highest BCUT2D eigenvalue weighted by Crippen LogP contribution is 2.34. The van der Waals surface area contributed by atoms with Crippen molar-refractivity contribution in [3.63, 3.8) is 0 Å². The summed E-state index contributed by atoms with van der Waals surface area (Å²) in [5, 5.41) is 9.75. The van der Waals surface area contributed by atoms with E-state index >= 15 is 0 Å². The minimum atomic E-state index is -4.48. The summed E-state index contributed by atoms with van der Waals surface area (Å²) >= 11 is 2.86. The number of thiazole rings is 2. The van der Waals surface area contributed by atoms with Gasteiger partial charge in [-0.3, -0.25) is 20.4 Å². The van der Waals surface area contributed by atoms with Gasteiger partial charge in [0.15, 0.2) is 0 Å². The van der Waals surface area contributed by atoms with Crippen LogP contribution in [0.5, 0.6) is 0 Å². The van der Waals surface area contributed by atoms with Crippen LogP contribution in [-0.2, 0) is 25.4 Å². The van der Waals surface area contributed by atoms with Gasteiger partial charge in [-0.05, 0) is 78.6 Å². The molecule has 256 valence electrons. The second-order valence-electron chi connectivity index (χ2n) is 12.2. The van der Waals surface area contributed by atoms with Crippen LogP contribution in [0.1, 0.15) is 49.9 Å². The van der Waals surface area contributed by atoms with Crippen LogP contribution in [0, 0.1) is 0 Å². The average Bonchev–Trinajstić information content (AvgIpc) is 3.89. The van der Waals surface area contributed by atoms with Gasteiger partial charge < -0.3 is 4.90 Å². The largest absolute Gasteiger partial charge is 0.416 e. The van der Waals surface area contributed by atoms with Crippen molar-refractivity contribution in [1.29, 1.82) is 0 Å².